The number of benzene rings is 3. The van der Waals surface area contributed by atoms with Gasteiger partial charge in [-0.25, -0.2) is 13.2 Å². The third kappa shape index (κ3) is 5.78. The van der Waals surface area contributed by atoms with Gasteiger partial charge in [0.1, 0.15) is 6.54 Å². The third-order valence-corrected chi connectivity index (χ3v) is 6.74. The number of nitrogens with zero attached hydrogens (tertiary/aromatic N) is 1. The maximum Gasteiger partial charge on any atom is 0.338 e. The van der Waals surface area contributed by atoms with Gasteiger partial charge in [-0.3, -0.25) is 9.10 Å². The lowest BCUT2D eigenvalue weighted by Crippen LogP contribution is -2.38. The highest BCUT2D eigenvalue weighted by Crippen LogP contribution is 2.24. The van der Waals surface area contributed by atoms with Gasteiger partial charge in [-0.2, -0.15) is 0 Å². The van der Waals surface area contributed by atoms with Crippen molar-refractivity contribution in [1.82, 2.24) is 0 Å². The number of rotatable bonds is 8. The van der Waals surface area contributed by atoms with Crippen LogP contribution in [0.1, 0.15) is 28.4 Å². The lowest BCUT2D eigenvalue weighted by Gasteiger charge is -2.24. The van der Waals surface area contributed by atoms with Crippen molar-refractivity contribution >= 4 is 33.3 Å². The van der Waals surface area contributed by atoms with Gasteiger partial charge in [-0.15, -0.1) is 0 Å². The molecule has 0 bridgehead atoms. The third-order valence-electron chi connectivity index (χ3n) is 4.95. The number of carbonyl (C=O) groups excluding carboxylic acids is 2. The highest BCUT2D eigenvalue weighted by molar-refractivity contribution is 7.92. The van der Waals surface area contributed by atoms with Gasteiger partial charge in [0, 0.05) is 5.69 Å². The van der Waals surface area contributed by atoms with E-state index in [0.29, 0.717) is 22.5 Å². The summed E-state index contributed by atoms with van der Waals surface area (Å²) in [6, 6.07) is 19.7. The largest absolute Gasteiger partial charge is 0.462 e. The minimum atomic E-state index is -3.98. The molecule has 0 aliphatic rings. The zero-order valence-corrected chi connectivity index (χ0v) is 19.6. The van der Waals surface area contributed by atoms with Crippen LogP contribution >= 0.6 is 0 Å². The van der Waals surface area contributed by atoms with E-state index < -0.39 is 28.4 Å². The molecule has 0 aliphatic carbocycles. The van der Waals surface area contributed by atoms with Crippen molar-refractivity contribution in [2.75, 3.05) is 22.8 Å². The van der Waals surface area contributed by atoms with Crippen LogP contribution in [0, 0.1) is 13.8 Å². The van der Waals surface area contributed by atoms with Gasteiger partial charge in [0.05, 0.1) is 22.8 Å². The molecule has 0 saturated heterocycles. The SMILES string of the molecule is CCOC(=O)c1ccc(NC(=O)CN(c2ccccc2)S(=O)(=O)c2ccc(C)cc2)c(C)c1. The molecule has 8 heteroatoms. The molecule has 172 valence electrons. The maximum absolute atomic E-state index is 13.4. The fraction of sp³-hybridized carbons (Fsp3) is 0.200. The Hall–Kier alpha value is -3.65. The topological polar surface area (TPSA) is 92.8 Å². The van der Waals surface area contributed by atoms with Crippen LogP contribution < -0.4 is 9.62 Å². The summed E-state index contributed by atoms with van der Waals surface area (Å²) in [6.07, 6.45) is 0. The molecule has 0 spiro atoms. The summed E-state index contributed by atoms with van der Waals surface area (Å²) in [4.78, 5) is 24.9. The number of esters is 1. The number of hydrogen-bond donors (Lipinski definition) is 1. The van der Waals surface area contributed by atoms with Gasteiger partial charge in [0.2, 0.25) is 5.91 Å². The standard InChI is InChI=1S/C25H26N2O5S/c1-4-32-25(29)20-12-15-23(19(3)16-20)26-24(28)17-27(21-8-6-5-7-9-21)33(30,31)22-13-10-18(2)11-14-22/h5-16H,4,17H2,1-3H3,(H,26,28). The molecule has 0 unspecified atom stereocenters. The van der Waals surface area contributed by atoms with E-state index in [9.17, 15) is 18.0 Å². The summed E-state index contributed by atoms with van der Waals surface area (Å²) in [5.41, 5.74) is 2.82. The molecule has 0 aromatic heterocycles. The zero-order chi connectivity index (χ0) is 24.0. The Morgan fingerprint density at radius 1 is 0.939 bits per heavy atom. The first-order chi connectivity index (χ1) is 15.7. The highest BCUT2D eigenvalue weighted by Gasteiger charge is 2.27. The molecular weight excluding hydrogens is 440 g/mol. The molecule has 0 heterocycles. The van der Waals surface area contributed by atoms with Crippen LogP contribution in [0.3, 0.4) is 0 Å². The second-order valence-electron chi connectivity index (χ2n) is 7.46. The van der Waals surface area contributed by atoms with Gasteiger partial charge in [0.25, 0.3) is 10.0 Å². The number of anilines is 2. The van der Waals surface area contributed by atoms with Gasteiger partial charge < -0.3 is 10.1 Å². The van der Waals surface area contributed by atoms with E-state index in [1.807, 2.05) is 6.92 Å². The van der Waals surface area contributed by atoms with Gasteiger partial charge in [-0.1, -0.05) is 35.9 Å². The molecule has 1 amide bonds. The number of aryl methyl sites for hydroxylation is 2. The number of hydrogen-bond acceptors (Lipinski definition) is 5. The fourth-order valence-corrected chi connectivity index (χ4v) is 4.63. The zero-order valence-electron chi connectivity index (χ0n) is 18.7. The molecule has 3 aromatic rings. The molecule has 1 N–H and O–H groups in total. The number of amides is 1. The molecule has 33 heavy (non-hydrogen) atoms. The number of nitrogens with one attached hydrogen (secondary N) is 1. The van der Waals surface area contributed by atoms with Gasteiger partial charge in [0.15, 0.2) is 0 Å². The molecule has 0 saturated carbocycles. The van der Waals surface area contributed by atoms with Crippen molar-refractivity contribution in [2.24, 2.45) is 0 Å². The van der Waals surface area contributed by atoms with E-state index >= 15 is 0 Å². The Balaban J connectivity index is 1.86. The molecule has 0 aliphatic heterocycles. The first-order valence-electron chi connectivity index (χ1n) is 10.4. The summed E-state index contributed by atoms with van der Waals surface area (Å²) in [7, 11) is -3.98. The molecule has 3 aromatic carbocycles. The molecule has 0 atom stereocenters. The minimum absolute atomic E-state index is 0.0970. The summed E-state index contributed by atoms with van der Waals surface area (Å²) in [5, 5.41) is 2.74. The molecule has 0 radical (unpaired) electrons. The second-order valence-corrected chi connectivity index (χ2v) is 9.32. The molecule has 3 rings (SSSR count). The average Bonchev–Trinajstić information content (AvgIpc) is 2.79. The summed E-state index contributed by atoms with van der Waals surface area (Å²) >= 11 is 0. The van der Waals surface area contributed by atoms with E-state index in [2.05, 4.69) is 5.32 Å². The molecular formula is C25H26N2O5S. The number of sulfonamides is 1. The van der Waals surface area contributed by atoms with Crippen molar-refractivity contribution in [3.05, 3.63) is 89.5 Å². The lowest BCUT2D eigenvalue weighted by atomic mass is 10.1. The Morgan fingerprint density at radius 3 is 2.21 bits per heavy atom. The maximum atomic E-state index is 13.4. The van der Waals surface area contributed by atoms with E-state index in [0.717, 1.165) is 9.87 Å². The minimum Gasteiger partial charge on any atom is -0.462 e. The smallest absolute Gasteiger partial charge is 0.338 e. The van der Waals surface area contributed by atoms with Crippen molar-refractivity contribution in [1.29, 1.82) is 0 Å². The lowest BCUT2D eigenvalue weighted by molar-refractivity contribution is -0.114. The van der Waals surface area contributed by atoms with Crippen molar-refractivity contribution in [3.63, 3.8) is 0 Å². The first-order valence-corrected chi connectivity index (χ1v) is 11.9. The Bertz CT molecular complexity index is 1240. The molecule has 7 nitrogen and oxygen atoms in total. The van der Waals surface area contributed by atoms with Crippen LogP contribution in [0.25, 0.3) is 0 Å². The Kier molecular flexibility index (Phi) is 7.50. The quantitative estimate of drug-likeness (QED) is 0.499. The summed E-state index contributed by atoms with van der Waals surface area (Å²) < 4.78 is 32.8. The van der Waals surface area contributed by atoms with Crippen molar-refractivity contribution in [2.45, 2.75) is 25.7 Å². The van der Waals surface area contributed by atoms with E-state index in [4.69, 9.17) is 4.74 Å². The predicted octanol–water partition coefficient (Wildman–Crippen LogP) is 4.31. The van der Waals surface area contributed by atoms with Gasteiger partial charge >= 0.3 is 5.97 Å². The monoisotopic (exact) mass is 466 g/mol. The number of ether oxygens (including phenoxy) is 1. The Morgan fingerprint density at radius 2 is 1.61 bits per heavy atom. The van der Waals surface area contributed by atoms with Crippen LogP contribution in [0.5, 0.6) is 0 Å². The fourth-order valence-electron chi connectivity index (χ4n) is 3.21. The first kappa shape index (κ1) is 24.0. The number of para-hydroxylation sites is 1. The van der Waals surface area contributed by atoms with E-state index in [-0.39, 0.29) is 11.5 Å². The molecule has 0 fully saturated rings. The van der Waals surface area contributed by atoms with Crippen LogP contribution in [-0.2, 0) is 19.6 Å². The Labute approximate surface area is 194 Å². The van der Waals surface area contributed by atoms with Crippen LogP contribution in [0.4, 0.5) is 11.4 Å². The van der Waals surface area contributed by atoms with Crippen LogP contribution in [0.2, 0.25) is 0 Å². The summed E-state index contributed by atoms with van der Waals surface area (Å²) in [5.74, 6) is -0.959. The highest BCUT2D eigenvalue weighted by atomic mass is 32.2. The van der Waals surface area contributed by atoms with E-state index in [1.54, 1.807) is 74.5 Å². The second kappa shape index (κ2) is 10.3. The average molecular weight is 467 g/mol. The van der Waals surface area contributed by atoms with Crippen molar-refractivity contribution < 1.29 is 22.7 Å². The van der Waals surface area contributed by atoms with Crippen molar-refractivity contribution in [3.8, 4) is 0 Å². The van der Waals surface area contributed by atoms with Crippen LogP contribution in [-0.4, -0.2) is 33.4 Å². The van der Waals surface area contributed by atoms with Crippen LogP contribution in [0.15, 0.2) is 77.7 Å². The predicted molar refractivity (Wildman–Crippen MR) is 128 cm³/mol. The van der Waals surface area contributed by atoms with E-state index in [1.165, 1.54) is 12.1 Å². The summed E-state index contributed by atoms with van der Waals surface area (Å²) in [6.45, 7) is 5.19. The number of carbonyl (C=O) groups is 2. The van der Waals surface area contributed by atoms with Gasteiger partial charge in [-0.05, 0) is 68.8 Å². The normalized spacial score (nSPS) is 11.0.